The molecule has 0 spiro atoms. The van der Waals surface area contributed by atoms with Crippen LogP contribution in [0.1, 0.15) is 28.8 Å². The molecule has 9 nitrogen and oxygen atoms in total. The monoisotopic (exact) mass is 403 g/mol. The van der Waals surface area contributed by atoms with Crippen molar-refractivity contribution in [1.82, 2.24) is 14.9 Å². The van der Waals surface area contributed by atoms with Crippen molar-refractivity contribution in [3.05, 3.63) is 29.3 Å². The van der Waals surface area contributed by atoms with Crippen LogP contribution >= 0.6 is 0 Å². The van der Waals surface area contributed by atoms with Crippen LogP contribution in [0.4, 0.5) is 4.79 Å². The normalized spacial score (nSPS) is 14.7. The molecule has 5 N–H and O–H groups in total. The number of hydrogen-bond acceptors (Lipinski definition) is 6. The first kappa shape index (κ1) is 22.5. The fourth-order valence-corrected chi connectivity index (χ4v) is 2.90. The zero-order valence-electron chi connectivity index (χ0n) is 16.8. The van der Waals surface area contributed by atoms with E-state index in [-0.39, 0.29) is 18.5 Å². The largest absolute Gasteiger partial charge is 0.493 e. The van der Waals surface area contributed by atoms with Gasteiger partial charge in [-0.25, -0.2) is 9.86 Å². The lowest BCUT2D eigenvalue weighted by Crippen LogP contribution is -2.44. The molecule has 1 aliphatic heterocycles. The highest BCUT2D eigenvalue weighted by Gasteiger charge is 2.14. The van der Waals surface area contributed by atoms with Gasteiger partial charge in [-0.2, -0.15) is 0 Å². The van der Waals surface area contributed by atoms with Crippen LogP contribution in [0.2, 0.25) is 0 Å². The van der Waals surface area contributed by atoms with E-state index >= 15 is 0 Å². The summed E-state index contributed by atoms with van der Waals surface area (Å²) in [6.07, 6.45) is 1.09. The zero-order chi connectivity index (χ0) is 21.2. The Morgan fingerprint density at radius 3 is 2.62 bits per heavy atom. The maximum Gasteiger partial charge on any atom is 0.338 e. The summed E-state index contributed by atoms with van der Waals surface area (Å²) in [6.45, 7) is 5.73. The summed E-state index contributed by atoms with van der Waals surface area (Å²) in [4.78, 5) is 27.2. The number of piperazine rings is 1. The van der Waals surface area contributed by atoms with Crippen LogP contribution in [-0.2, 0) is 0 Å². The lowest BCUT2D eigenvalue weighted by molar-refractivity contribution is -0.0372. The number of benzene rings is 1. The molecule has 3 amide bonds. The van der Waals surface area contributed by atoms with Gasteiger partial charge in [0.25, 0.3) is 5.91 Å². The summed E-state index contributed by atoms with van der Waals surface area (Å²) in [5, 5.41) is 9.57. The van der Waals surface area contributed by atoms with Gasteiger partial charge < -0.3 is 26.0 Å². The Balaban J connectivity index is 1.85. The van der Waals surface area contributed by atoms with Crippen LogP contribution in [0.25, 0.3) is 0 Å². The van der Waals surface area contributed by atoms with E-state index in [1.165, 1.54) is 0 Å². The number of amides is 3. The highest BCUT2D eigenvalue weighted by molar-refractivity contribution is 5.96. The Bertz CT molecular complexity index is 766. The van der Waals surface area contributed by atoms with Crippen LogP contribution in [0.3, 0.4) is 0 Å². The van der Waals surface area contributed by atoms with E-state index in [1.54, 1.807) is 18.2 Å². The first-order valence-electron chi connectivity index (χ1n) is 9.59. The smallest absolute Gasteiger partial charge is 0.338 e. The van der Waals surface area contributed by atoms with Crippen LogP contribution in [-0.4, -0.2) is 84.9 Å². The summed E-state index contributed by atoms with van der Waals surface area (Å²) >= 11 is 0. The van der Waals surface area contributed by atoms with E-state index in [9.17, 15) is 14.8 Å². The van der Waals surface area contributed by atoms with Crippen LogP contribution in [0.5, 0.6) is 5.75 Å². The van der Waals surface area contributed by atoms with Gasteiger partial charge >= 0.3 is 6.03 Å². The van der Waals surface area contributed by atoms with Gasteiger partial charge in [0.2, 0.25) is 0 Å². The Morgan fingerprint density at radius 2 is 1.97 bits per heavy atom. The van der Waals surface area contributed by atoms with Crippen LogP contribution < -0.4 is 16.2 Å². The number of nitrogens with zero attached hydrogens (tertiary/aromatic N) is 3. The Morgan fingerprint density at radius 1 is 1.24 bits per heavy atom. The summed E-state index contributed by atoms with van der Waals surface area (Å²) in [5.74, 6) is 5.52. The summed E-state index contributed by atoms with van der Waals surface area (Å²) in [5.41, 5.74) is 11.3. The highest BCUT2D eigenvalue weighted by Crippen LogP contribution is 2.20. The van der Waals surface area contributed by atoms with Crippen molar-refractivity contribution >= 4 is 11.9 Å². The quantitative estimate of drug-likeness (QED) is 0.248. The number of hydrogen-bond donors (Lipinski definition) is 3. The molecule has 0 atom stereocenters. The van der Waals surface area contributed by atoms with Gasteiger partial charge in [-0.15, -0.1) is 0 Å². The van der Waals surface area contributed by atoms with Gasteiger partial charge in [0, 0.05) is 44.7 Å². The van der Waals surface area contributed by atoms with Crippen LogP contribution in [0.15, 0.2) is 18.2 Å². The van der Waals surface area contributed by atoms with Gasteiger partial charge in [0.05, 0.1) is 18.7 Å². The number of nitrogens with two attached hydrogens (primary N) is 2. The van der Waals surface area contributed by atoms with E-state index in [2.05, 4.69) is 28.7 Å². The molecule has 0 aliphatic carbocycles. The number of urea groups is 1. The Hall–Kier alpha value is -2.80. The van der Waals surface area contributed by atoms with Crippen molar-refractivity contribution < 1.29 is 19.5 Å². The first-order valence-corrected chi connectivity index (χ1v) is 9.59. The van der Waals surface area contributed by atoms with Crippen molar-refractivity contribution in [1.29, 1.82) is 0 Å². The van der Waals surface area contributed by atoms with E-state index < -0.39 is 11.9 Å². The minimum absolute atomic E-state index is 0.000486. The number of carbonyl (C=O) groups excluding carboxylic acids is 2. The lowest BCUT2D eigenvalue weighted by Gasteiger charge is -2.32. The number of hydroxylamine groups is 2. The second-order valence-electron chi connectivity index (χ2n) is 6.94. The van der Waals surface area contributed by atoms with Crippen molar-refractivity contribution in [3.8, 4) is 17.6 Å². The van der Waals surface area contributed by atoms with Crippen molar-refractivity contribution in [2.75, 3.05) is 52.9 Å². The fraction of sp³-hybridized carbons (Fsp3) is 0.500. The molecule has 0 unspecified atom stereocenters. The maximum absolute atomic E-state index is 11.8. The van der Waals surface area contributed by atoms with E-state index in [0.717, 1.165) is 39.1 Å². The average Bonchev–Trinajstić information content (AvgIpc) is 2.70. The SMILES string of the molecule is CN1CCN(CCCOc2ccc(C#CCCN(O)C(N)=O)cc2C(N)=O)CC1. The molecular formula is C20H29N5O4. The van der Waals surface area contributed by atoms with E-state index in [4.69, 9.17) is 16.2 Å². The molecule has 0 saturated carbocycles. The molecule has 158 valence electrons. The maximum atomic E-state index is 11.8. The third-order valence-corrected chi connectivity index (χ3v) is 4.65. The van der Waals surface area contributed by atoms with Crippen molar-refractivity contribution in [3.63, 3.8) is 0 Å². The highest BCUT2D eigenvalue weighted by atomic mass is 16.5. The molecule has 1 saturated heterocycles. The number of rotatable bonds is 8. The summed E-state index contributed by atoms with van der Waals surface area (Å²) in [7, 11) is 2.13. The summed E-state index contributed by atoms with van der Waals surface area (Å²) in [6, 6.07) is 4.06. The Labute approximate surface area is 171 Å². The number of carbonyl (C=O) groups is 2. The predicted octanol–water partition coefficient (Wildman–Crippen LogP) is 0.313. The molecule has 1 aromatic rings. The minimum atomic E-state index is -0.933. The van der Waals surface area contributed by atoms with Gasteiger partial charge in [-0.3, -0.25) is 10.0 Å². The Kier molecular flexibility index (Phi) is 8.73. The van der Waals surface area contributed by atoms with Crippen molar-refractivity contribution in [2.45, 2.75) is 12.8 Å². The fourth-order valence-electron chi connectivity index (χ4n) is 2.90. The molecule has 1 aromatic carbocycles. The van der Waals surface area contributed by atoms with Gasteiger partial charge in [-0.05, 0) is 31.7 Å². The van der Waals surface area contributed by atoms with Gasteiger partial charge in [-0.1, -0.05) is 11.8 Å². The second-order valence-corrected chi connectivity index (χ2v) is 6.94. The zero-order valence-corrected chi connectivity index (χ0v) is 16.8. The molecule has 1 heterocycles. The molecule has 0 aromatic heterocycles. The second kappa shape index (κ2) is 11.3. The van der Waals surface area contributed by atoms with Crippen LogP contribution in [0, 0.1) is 11.8 Å². The molecule has 29 heavy (non-hydrogen) atoms. The molecule has 9 heteroatoms. The van der Waals surface area contributed by atoms with Gasteiger partial charge in [0.15, 0.2) is 0 Å². The third-order valence-electron chi connectivity index (χ3n) is 4.65. The van der Waals surface area contributed by atoms with Gasteiger partial charge in [0.1, 0.15) is 5.75 Å². The topological polar surface area (TPSA) is 125 Å². The molecule has 1 aliphatic rings. The lowest BCUT2D eigenvalue weighted by atomic mass is 10.1. The van der Waals surface area contributed by atoms with E-state index in [1.807, 2.05) is 0 Å². The number of ether oxygens (including phenoxy) is 1. The predicted molar refractivity (Wildman–Crippen MR) is 109 cm³/mol. The number of likely N-dealkylation sites (N-methyl/N-ethyl adjacent to an activating group) is 1. The molecule has 0 radical (unpaired) electrons. The van der Waals surface area contributed by atoms with Crippen molar-refractivity contribution in [2.24, 2.45) is 11.5 Å². The molecule has 2 rings (SSSR count). The molecular weight excluding hydrogens is 374 g/mol. The first-order chi connectivity index (χ1) is 13.9. The molecule has 1 fully saturated rings. The molecule has 0 bridgehead atoms. The average molecular weight is 403 g/mol. The number of primary amides is 2. The van der Waals surface area contributed by atoms with E-state index in [0.29, 0.717) is 23.0 Å². The minimum Gasteiger partial charge on any atom is -0.493 e. The third kappa shape index (κ3) is 7.62. The standard InChI is InChI=1S/C20H29N5O4/c1-23-10-12-24(13-11-23)8-4-14-29-18-7-6-16(15-17(18)19(21)26)5-2-3-9-25(28)20(22)27/h6-7,15,28H,3-4,8-14H2,1H3,(H2,21,26)(H2,22,27). The summed E-state index contributed by atoms with van der Waals surface area (Å²) < 4.78 is 5.77.